The third-order valence-electron chi connectivity index (χ3n) is 3.91. The Morgan fingerprint density at radius 1 is 0.500 bits per heavy atom. The lowest BCUT2D eigenvalue weighted by Gasteiger charge is -1.98. The molecule has 0 unspecified atom stereocenters. The fourth-order valence-corrected chi connectivity index (χ4v) is 2.46. The minimum atomic E-state index is -0.0250. The third kappa shape index (κ3) is 4.74. The van der Waals surface area contributed by atoms with Crippen molar-refractivity contribution in [1.82, 2.24) is 0 Å². The van der Waals surface area contributed by atoms with Gasteiger partial charge in [0.1, 0.15) is 0 Å². The van der Waals surface area contributed by atoms with Crippen LogP contribution in [-0.2, 0) is 0 Å². The van der Waals surface area contributed by atoms with E-state index in [1.54, 1.807) is 48.6 Å². The molecule has 0 fully saturated rings. The van der Waals surface area contributed by atoms with E-state index >= 15 is 0 Å². The van der Waals surface area contributed by atoms with Crippen molar-refractivity contribution in [2.24, 2.45) is 0 Å². The first-order valence-corrected chi connectivity index (χ1v) is 8.37. The van der Waals surface area contributed by atoms with E-state index in [0.717, 1.165) is 11.1 Å². The van der Waals surface area contributed by atoms with Gasteiger partial charge in [-0.15, -0.1) is 0 Å². The van der Waals surface area contributed by atoms with Gasteiger partial charge in [0.05, 0.1) is 0 Å². The van der Waals surface area contributed by atoms with Gasteiger partial charge >= 0.3 is 0 Å². The topological polar surface area (TPSA) is 34.1 Å². The largest absolute Gasteiger partial charge is 0.289 e. The van der Waals surface area contributed by atoms with Crippen molar-refractivity contribution in [1.29, 1.82) is 0 Å². The molecule has 0 heterocycles. The van der Waals surface area contributed by atoms with Crippen molar-refractivity contribution >= 4 is 23.7 Å². The molecule has 2 heteroatoms. The summed E-state index contributed by atoms with van der Waals surface area (Å²) in [5.41, 5.74) is 3.20. The number of hydrogen-bond donors (Lipinski definition) is 0. The molecule has 0 spiro atoms. The standard InChI is InChI=1S/C24H18O2/c25-23(21-7-3-1-4-8-21)17-15-19-11-13-20(14-12-19)16-18-24(26)22-9-5-2-6-10-22/h1-18H. The van der Waals surface area contributed by atoms with E-state index in [-0.39, 0.29) is 11.6 Å². The summed E-state index contributed by atoms with van der Waals surface area (Å²) in [4.78, 5) is 24.1. The second-order valence-electron chi connectivity index (χ2n) is 5.79. The average Bonchev–Trinajstić information content (AvgIpc) is 2.72. The molecule has 2 nitrogen and oxygen atoms in total. The summed E-state index contributed by atoms with van der Waals surface area (Å²) in [6.45, 7) is 0. The highest BCUT2D eigenvalue weighted by Crippen LogP contribution is 2.10. The Bertz CT molecular complexity index is 854. The second kappa shape index (κ2) is 8.54. The van der Waals surface area contributed by atoms with Crippen molar-refractivity contribution in [2.75, 3.05) is 0 Å². The number of ketones is 2. The highest BCUT2D eigenvalue weighted by Gasteiger charge is 2.00. The summed E-state index contributed by atoms with van der Waals surface area (Å²) >= 11 is 0. The molecule has 0 aromatic heterocycles. The molecule has 0 aliphatic carbocycles. The van der Waals surface area contributed by atoms with Crippen LogP contribution in [0, 0.1) is 0 Å². The van der Waals surface area contributed by atoms with Crippen LogP contribution in [0.3, 0.4) is 0 Å². The average molecular weight is 338 g/mol. The van der Waals surface area contributed by atoms with E-state index in [1.807, 2.05) is 60.7 Å². The van der Waals surface area contributed by atoms with E-state index < -0.39 is 0 Å². The quantitative estimate of drug-likeness (QED) is 0.440. The first-order chi connectivity index (χ1) is 12.7. The molecule has 0 radical (unpaired) electrons. The third-order valence-corrected chi connectivity index (χ3v) is 3.91. The van der Waals surface area contributed by atoms with Gasteiger partial charge in [-0.25, -0.2) is 0 Å². The smallest absolute Gasteiger partial charge is 0.185 e. The number of allylic oxidation sites excluding steroid dienone is 2. The van der Waals surface area contributed by atoms with Crippen molar-refractivity contribution < 1.29 is 9.59 Å². The zero-order chi connectivity index (χ0) is 18.2. The van der Waals surface area contributed by atoms with Crippen molar-refractivity contribution in [3.63, 3.8) is 0 Å². The number of rotatable bonds is 6. The van der Waals surface area contributed by atoms with Crippen LogP contribution in [0.5, 0.6) is 0 Å². The van der Waals surface area contributed by atoms with E-state index in [2.05, 4.69) is 0 Å². The summed E-state index contributed by atoms with van der Waals surface area (Å²) in [6.07, 6.45) is 6.72. The van der Waals surface area contributed by atoms with Crippen LogP contribution >= 0.6 is 0 Å². The molecule has 0 bridgehead atoms. The molecule has 0 atom stereocenters. The lowest BCUT2D eigenvalue weighted by Crippen LogP contribution is -1.93. The highest BCUT2D eigenvalue weighted by molar-refractivity contribution is 6.07. The van der Waals surface area contributed by atoms with Crippen molar-refractivity contribution in [3.8, 4) is 0 Å². The van der Waals surface area contributed by atoms with Crippen LogP contribution < -0.4 is 0 Å². The van der Waals surface area contributed by atoms with Crippen molar-refractivity contribution in [2.45, 2.75) is 0 Å². The molecule has 0 N–H and O–H groups in total. The molecule has 3 rings (SSSR count). The first-order valence-electron chi connectivity index (χ1n) is 8.37. The zero-order valence-corrected chi connectivity index (χ0v) is 14.2. The van der Waals surface area contributed by atoms with Crippen LogP contribution in [0.4, 0.5) is 0 Å². The van der Waals surface area contributed by atoms with Gasteiger partial charge in [0.25, 0.3) is 0 Å². The zero-order valence-electron chi connectivity index (χ0n) is 14.2. The maximum absolute atomic E-state index is 12.1. The Kier molecular flexibility index (Phi) is 5.69. The summed E-state index contributed by atoms with van der Waals surface area (Å²) in [5, 5.41) is 0. The Morgan fingerprint density at radius 3 is 1.19 bits per heavy atom. The van der Waals surface area contributed by atoms with E-state index in [1.165, 1.54) is 0 Å². The number of carbonyl (C=O) groups excluding carboxylic acids is 2. The van der Waals surface area contributed by atoms with Gasteiger partial charge in [0.15, 0.2) is 11.6 Å². The lowest BCUT2D eigenvalue weighted by atomic mass is 10.1. The van der Waals surface area contributed by atoms with Gasteiger partial charge in [0, 0.05) is 11.1 Å². The van der Waals surface area contributed by atoms with Crippen LogP contribution in [-0.4, -0.2) is 11.6 Å². The molecular formula is C24H18O2. The molecule has 3 aromatic rings. The molecule has 0 aliphatic rings. The molecule has 126 valence electrons. The summed E-state index contributed by atoms with van der Waals surface area (Å²) in [5.74, 6) is -0.0499. The van der Waals surface area contributed by atoms with Crippen LogP contribution in [0.25, 0.3) is 12.2 Å². The maximum Gasteiger partial charge on any atom is 0.185 e. The number of carbonyl (C=O) groups is 2. The van der Waals surface area contributed by atoms with Gasteiger partial charge in [-0.3, -0.25) is 9.59 Å². The summed E-state index contributed by atoms with van der Waals surface area (Å²) in [7, 11) is 0. The van der Waals surface area contributed by atoms with Gasteiger partial charge in [-0.2, -0.15) is 0 Å². The minimum Gasteiger partial charge on any atom is -0.289 e. The first kappa shape index (κ1) is 17.3. The van der Waals surface area contributed by atoms with Gasteiger partial charge in [-0.05, 0) is 23.3 Å². The number of benzene rings is 3. The SMILES string of the molecule is O=C(C=Cc1ccc(C=CC(=O)c2ccccc2)cc1)c1ccccc1. The van der Waals surface area contributed by atoms with E-state index in [4.69, 9.17) is 0 Å². The van der Waals surface area contributed by atoms with Crippen LogP contribution in [0.1, 0.15) is 31.8 Å². The number of hydrogen-bond acceptors (Lipinski definition) is 2. The van der Waals surface area contributed by atoms with Crippen LogP contribution in [0.15, 0.2) is 97.1 Å². The molecule has 26 heavy (non-hydrogen) atoms. The fraction of sp³-hybridized carbons (Fsp3) is 0. The Morgan fingerprint density at radius 2 is 0.846 bits per heavy atom. The second-order valence-corrected chi connectivity index (χ2v) is 5.79. The van der Waals surface area contributed by atoms with Gasteiger partial charge in [-0.1, -0.05) is 97.1 Å². The summed E-state index contributed by atoms with van der Waals surface area (Å²) < 4.78 is 0. The maximum atomic E-state index is 12.1. The molecule has 0 aliphatic heterocycles. The normalized spacial score (nSPS) is 11.1. The molecule has 0 amide bonds. The highest BCUT2D eigenvalue weighted by atomic mass is 16.1. The Labute approximate surface area is 153 Å². The van der Waals surface area contributed by atoms with Gasteiger partial charge in [0.2, 0.25) is 0 Å². The predicted octanol–water partition coefficient (Wildman–Crippen LogP) is 5.48. The Hall–Kier alpha value is -3.52. The molecule has 0 saturated heterocycles. The molecule has 3 aromatic carbocycles. The molecule has 0 saturated carbocycles. The Balaban J connectivity index is 1.63. The van der Waals surface area contributed by atoms with Crippen molar-refractivity contribution in [3.05, 3.63) is 119 Å². The monoisotopic (exact) mass is 338 g/mol. The van der Waals surface area contributed by atoms with Gasteiger partial charge < -0.3 is 0 Å². The molecular weight excluding hydrogens is 320 g/mol. The van der Waals surface area contributed by atoms with E-state index in [9.17, 15) is 9.59 Å². The predicted molar refractivity (Wildman–Crippen MR) is 106 cm³/mol. The van der Waals surface area contributed by atoms with E-state index in [0.29, 0.717) is 11.1 Å². The lowest BCUT2D eigenvalue weighted by molar-refractivity contribution is 0.103. The fourth-order valence-electron chi connectivity index (χ4n) is 2.46. The summed E-state index contributed by atoms with van der Waals surface area (Å²) in [6, 6.07) is 26.0. The minimum absolute atomic E-state index is 0.0250. The van der Waals surface area contributed by atoms with Crippen LogP contribution in [0.2, 0.25) is 0 Å².